The number of esters is 1. The van der Waals surface area contributed by atoms with Crippen molar-refractivity contribution in [2.45, 2.75) is 98.3 Å². The van der Waals surface area contributed by atoms with Crippen molar-refractivity contribution in [3.63, 3.8) is 0 Å². The van der Waals surface area contributed by atoms with Crippen LogP contribution < -0.4 is 10.7 Å². The number of likely N-dealkylation sites (tertiary alicyclic amines) is 1. The summed E-state index contributed by atoms with van der Waals surface area (Å²) in [5, 5.41) is 16.6. The molecule has 5 heterocycles. The van der Waals surface area contributed by atoms with Gasteiger partial charge in [0.1, 0.15) is 30.2 Å². The number of nitrogens with zero attached hydrogens (tertiary/aromatic N) is 6. The molecule has 2 aromatic carbocycles. The molecule has 4 amide bonds. The molecule has 15 nitrogen and oxygen atoms in total. The SMILES string of the molecule is CC#CC(=O)N1CC[C@H](C(=O)N(C)[C@H](C(=O)N[C@H]2Cc3cc(O)cc(c3)-c3ccc4c(c3)c(c(-c3cncnc3)n4CC)CC(C)(C)COC(=O)[C@@H]3CCCN(N3)C2=O)C(C)C)C1. The highest BCUT2D eigenvalue weighted by molar-refractivity contribution is 5.96. The Hall–Kier alpha value is -6.27. The molecule has 0 spiro atoms. The lowest BCUT2D eigenvalue weighted by Gasteiger charge is -2.37. The molecule has 332 valence electrons. The Morgan fingerprint density at radius 3 is 2.52 bits per heavy atom. The van der Waals surface area contributed by atoms with E-state index in [0.717, 1.165) is 33.3 Å². The van der Waals surface area contributed by atoms with E-state index >= 15 is 0 Å². The van der Waals surface area contributed by atoms with E-state index in [-0.39, 0.29) is 49.6 Å². The third-order valence-electron chi connectivity index (χ3n) is 12.4. The molecule has 3 N–H and O–H groups in total. The lowest BCUT2D eigenvalue weighted by molar-refractivity contribution is -0.155. The largest absolute Gasteiger partial charge is 0.508 e. The Balaban J connectivity index is 1.27. The van der Waals surface area contributed by atoms with Crippen LogP contribution in [0.1, 0.15) is 71.9 Å². The zero-order valence-corrected chi connectivity index (χ0v) is 37.2. The van der Waals surface area contributed by atoms with Crippen molar-refractivity contribution < 1.29 is 33.8 Å². The van der Waals surface area contributed by atoms with Crippen molar-refractivity contribution in [3.8, 4) is 40.0 Å². The monoisotopic (exact) mass is 858 g/mol. The number of carbonyl (C=O) groups is 5. The van der Waals surface area contributed by atoms with Crippen LogP contribution in [0.5, 0.6) is 5.75 Å². The van der Waals surface area contributed by atoms with Crippen molar-refractivity contribution in [3.05, 3.63) is 66.2 Å². The van der Waals surface area contributed by atoms with Crippen LogP contribution >= 0.6 is 0 Å². The van der Waals surface area contributed by atoms with Crippen molar-refractivity contribution in [1.29, 1.82) is 0 Å². The van der Waals surface area contributed by atoms with E-state index in [1.807, 2.05) is 26.0 Å². The van der Waals surface area contributed by atoms with Gasteiger partial charge in [-0.2, -0.15) is 0 Å². The number of rotatable bonds is 7. The van der Waals surface area contributed by atoms with Gasteiger partial charge in [0.2, 0.25) is 11.8 Å². The van der Waals surface area contributed by atoms with Crippen LogP contribution in [0.3, 0.4) is 0 Å². The summed E-state index contributed by atoms with van der Waals surface area (Å²) in [5.74, 6) is 2.17. The molecule has 3 aliphatic rings. The summed E-state index contributed by atoms with van der Waals surface area (Å²) in [6, 6.07) is 8.43. The number of fused-ring (bicyclic) bond motifs is 6. The van der Waals surface area contributed by atoms with Gasteiger partial charge < -0.3 is 29.5 Å². The molecule has 0 unspecified atom stereocenters. The smallest absolute Gasteiger partial charge is 0.324 e. The maximum Gasteiger partial charge on any atom is 0.324 e. The van der Waals surface area contributed by atoms with Crippen LogP contribution in [0.15, 0.2) is 55.1 Å². The van der Waals surface area contributed by atoms with E-state index in [0.29, 0.717) is 49.9 Å². The van der Waals surface area contributed by atoms with Crippen LogP contribution in [0, 0.1) is 29.1 Å². The van der Waals surface area contributed by atoms with E-state index in [1.54, 1.807) is 43.4 Å². The second-order valence-electron chi connectivity index (χ2n) is 18.1. The van der Waals surface area contributed by atoms with E-state index < -0.39 is 47.2 Å². The molecule has 2 aromatic heterocycles. The lowest BCUT2D eigenvalue weighted by atomic mass is 9.84. The molecule has 63 heavy (non-hydrogen) atoms. The quantitative estimate of drug-likeness (QED) is 0.177. The Labute approximate surface area is 368 Å². The van der Waals surface area contributed by atoms with Crippen LogP contribution in [0.4, 0.5) is 0 Å². The first kappa shape index (κ1) is 44.8. The van der Waals surface area contributed by atoms with Gasteiger partial charge in [-0.05, 0) is 97.9 Å². The third kappa shape index (κ3) is 9.56. The van der Waals surface area contributed by atoms with E-state index in [2.05, 4.69) is 70.0 Å². The normalized spacial score (nSPS) is 20.7. The summed E-state index contributed by atoms with van der Waals surface area (Å²) >= 11 is 0. The van der Waals surface area contributed by atoms with E-state index in [1.165, 1.54) is 16.2 Å². The first-order chi connectivity index (χ1) is 30.1. The number of aryl methyl sites for hydroxylation is 1. The van der Waals surface area contributed by atoms with Gasteiger partial charge in [-0.3, -0.25) is 29.0 Å². The number of hydrogen-bond donors (Lipinski definition) is 3. The fourth-order valence-electron chi connectivity index (χ4n) is 9.40. The molecule has 15 heteroatoms. The molecule has 4 atom stereocenters. The summed E-state index contributed by atoms with van der Waals surface area (Å²) in [6.45, 7) is 13.1. The molecular weight excluding hydrogens is 801 g/mol. The van der Waals surface area contributed by atoms with Crippen molar-refractivity contribution >= 4 is 40.5 Å². The Bertz CT molecular complexity index is 2470. The zero-order chi connectivity index (χ0) is 45.2. The molecule has 0 aliphatic carbocycles. The third-order valence-corrected chi connectivity index (χ3v) is 12.4. The highest BCUT2D eigenvalue weighted by Gasteiger charge is 2.40. The molecule has 4 aromatic rings. The lowest BCUT2D eigenvalue weighted by Crippen LogP contribution is -2.62. The number of nitrogens with one attached hydrogen (secondary N) is 2. The number of phenols is 1. The summed E-state index contributed by atoms with van der Waals surface area (Å²) in [7, 11) is 1.58. The minimum Gasteiger partial charge on any atom is -0.508 e. The zero-order valence-electron chi connectivity index (χ0n) is 37.2. The maximum atomic E-state index is 14.6. The molecule has 7 rings (SSSR count). The predicted octanol–water partition coefficient (Wildman–Crippen LogP) is 4.49. The topological polar surface area (TPSA) is 179 Å². The van der Waals surface area contributed by atoms with Gasteiger partial charge in [-0.25, -0.2) is 15.4 Å². The number of likely N-dealkylation sites (N-methyl/N-ethyl adjacent to an activating group) is 1. The fourth-order valence-corrected chi connectivity index (χ4v) is 9.40. The number of phenolic OH excluding ortho intramolecular Hbond substituents is 1. The summed E-state index contributed by atoms with van der Waals surface area (Å²) in [5.41, 5.74) is 8.61. The molecular formula is C48H58N8O7. The van der Waals surface area contributed by atoms with Gasteiger partial charge in [-0.1, -0.05) is 45.7 Å². The first-order valence-corrected chi connectivity index (χ1v) is 21.9. The number of aromatic nitrogens is 3. The highest BCUT2D eigenvalue weighted by Crippen LogP contribution is 2.40. The number of hydrazine groups is 1. The van der Waals surface area contributed by atoms with Gasteiger partial charge in [0.25, 0.3) is 11.8 Å². The van der Waals surface area contributed by atoms with Gasteiger partial charge >= 0.3 is 5.97 Å². The van der Waals surface area contributed by atoms with Crippen LogP contribution in [-0.2, 0) is 48.1 Å². The van der Waals surface area contributed by atoms with E-state index in [9.17, 15) is 29.1 Å². The number of ether oxygens (including phenoxy) is 1. The second kappa shape index (κ2) is 18.6. The van der Waals surface area contributed by atoms with E-state index in [4.69, 9.17) is 4.74 Å². The number of amides is 4. The number of benzene rings is 2. The van der Waals surface area contributed by atoms with Crippen molar-refractivity contribution in [2.75, 3.05) is 33.3 Å². The van der Waals surface area contributed by atoms with Crippen molar-refractivity contribution in [2.24, 2.45) is 17.3 Å². The molecule has 0 radical (unpaired) electrons. The summed E-state index contributed by atoms with van der Waals surface area (Å²) in [6.07, 6.45) is 7.05. The highest BCUT2D eigenvalue weighted by atomic mass is 16.5. The molecule has 2 saturated heterocycles. The predicted molar refractivity (Wildman–Crippen MR) is 237 cm³/mol. The second-order valence-corrected chi connectivity index (χ2v) is 18.1. The Morgan fingerprint density at radius 1 is 1.05 bits per heavy atom. The van der Waals surface area contributed by atoms with Gasteiger partial charge in [0, 0.05) is 73.9 Å². The fraction of sp³-hybridized carbons (Fsp3) is 0.479. The van der Waals surface area contributed by atoms with Crippen LogP contribution in [0.2, 0.25) is 0 Å². The number of aromatic hydroxyl groups is 1. The standard InChI is InChI=1S/C48H58N8O7/c1-8-11-41(58)54-17-15-32(26-54)45(60)53(7)42(29(3)4)44(59)51-39-20-30-18-33(21-35(57)19-30)31-13-14-40-36(22-31)37(43(55(40)9-2)34-24-49-28-50-25-34)23-48(5,6)27-63-47(62)38-12-10-16-56(52-38)46(39)61/h13-14,18-19,21-22,24-25,28-29,32,38-39,42,52,57H,9-10,12,15-17,20,23,26-27H2,1-7H3,(H,51,59)/t32-,38-,39-,42-/m0/s1. The minimum absolute atomic E-state index is 0.00798. The van der Waals surface area contributed by atoms with Gasteiger partial charge in [0.15, 0.2) is 0 Å². The van der Waals surface area contributed by atoms with Crippen molar-refractivity contribution in [1.82, 2.24) is 40.1 Å². The average Bonchev–Trinajstić information content (AvgIpc) is 3.88. The molecule has 6 bridgehead atoms. The molecule has 3 aliphatic heterocycles. The minimum atomic E-state index is -1.16. The van der Waals surface area contributed by atoms with Gasteiger partial charge in [0.05, 0.1) is 18.2 Å². The average molecular weight is 859 g/mol. The number of carbonyl (C=O) groups excluding carboxylic acids is 5. The van der Waals surface area contributed by atoms with Crippen LogP contribution in [-0.4, -0.2) is 115 Å². The number of cyclic esters (lactones) is 1. The maximum absolute atomic E-state index is 14.6. The Kier molecular flexibility index (Phi) is 13.2. The first-order valence-electron chi connectivity index (χ1n) is 21.9. The summed E-state index contributed by atoms with van der Waals surface area (Å²) in [4.78, 5) is 80.9. The molecule has 0 saturated carbocycles. The van der Waals surface area contributed by atoms with Crippen LogP contribution in [0.25, 0.3) is 33.3 Å². The Morgan fingerprint density at radius 2 is 1.81 bits per heavy atom. The molecule has 2 fully saturated rings. The number of hydrogen-bond acceptors (Lipinski definition) is 10. The van der Waals surface area contributed by atoms with Gasteiger partial charge in [-0.15, -0.1) is 0 Å². The summed E-state index contributed by atoms with van der Waals surface area (Å²) < 4.78 is 8.28.